The van der Waals surface area contributed by atoms with Crippen LogP contribution in [0, 0.1) is 6.92 Å². The number of thioether (sulfide) groups is 1. The molecule has 0 N–H and O–H groups in total. The molecule has 0 fully saturated rings. The summed E-state index contributed by atoms with van der Waals surface area (Å²) in [7, 11) is 0. The third-order valence-electron chi connectivity index (χ3n) is 4.77. The van der Waals surface area contributed by atoms with Crippen molar-refractivity contribution in [2.45, 2.75) is 12.1 Å². The van der Waals surface area contributed by atoms with Crippen molar-refractivity contribution in [2.75, 3.05) is 5.88 Å². The van der Waals surface area contributed by atoms with E-state index >= 15 is 0 Å². The van der Waals surface area contributed by atoms with Crippen LogP contribution in [0.5, 0.6) is 0 Å². The number of aryl methyl sites for hydroxylation is 1. The molecule has 0 aliphatic carbocycles. The highest BCUT2D eigenvalue weighted by Crippen LogP contribution is 2.29. The lowest BCUT2D eigenvalue weighted by Crippen LogP contribution is -2.29. The largest absolute Gasteiger partial charge is 0.270 e. The molecule has 4 aromatic rings. The second-order valence-corrected chi connectivity index (χ2v) is 7.29. The second-order valence-electron chi connectivity index (χ2n) is 6.38. The predicted octanol–water partition coefficient (Wildman–Crippen LogP) is 3.54. The number of hydrogen-bond acceptors (Lipinski definition) is 5. The zero-order chi connectivity index (χ0) is 18.5. The Labute approximate surface area is 158 Å². The fraction of sp³-hybridized carbons (Fsp3) is 0.100. The molecule has 0 radical (unpaired) electrons. The van der Waals surface area contributed by atoms with E-state index in [-0.39, 0.29) is 17.7 Å². The normalized spacial score (nSPS) is 13.7. The van der Waals surface area contributed by atoms with Crippen molar-refractivity contribution in [2.24, 2.45) is 0 Å². The number of amides is 2. The van der Waals surface area contributed by atoms with E-state index in [0.717, 1.165) is 22.1 Å². The molecule has 2 amide bonds. The Morgan fingerprint density at radius 2 is 1.59 bits per heavy atom. The van der Waals surface area contributed by atoms with E-state index in [1.165, 1.54) is 16.7 Å². The average molecular weight is 374 g/mol. The second kappa shape index (κ2) is 5.92. The summed E-state index contributed by atoms with van der Waals surface area (Å²) in [4.78, 5) is 26.3. The number of fused-ring (bicyclic) bond motifs is 4. The van der Waals surface area contributed by atoms with E-state index in [2.05, 4.69) is 16.3 Å². The van der Waals surface area contributed by atoms with Gasteiger partial charge in [-0.2, -0.15) is 0 Å². The van der Waals surface area contributed by atoms with E-state index in [4.69, 9.17) is 0 Å². The van der Waals surface area contributed by atoms with Crippen molar-refractivity contribution < 1.29 is 9.59 Å². The fourth-order valence-electron chi connectivity index (χ4n) is 3.45. The van der Waals surface area contributed by atoms with Gasteiger partial charge in [0.2, 0.25) is 0 Å². The number of para-hydroxylation sites is 1. The molecule has 0 spiro atoms. The van der Waals surface area contributed by atoms with Crippen molar-refractivity contribution in [3.8, 4) is 0 Å². The lowest BCUT2D eigenvalue weighted by molar-refractivity contribution is 0.0684. The van der Waals surface area contributed by atoms with Crippen LogP contribution in [-0.2, 0) is 0 Å². The van der Waals surface area contributed by atoms with Gasteiger partial charge < -0.3 is 0 Å². The third kappa shape index (κ3) is 2.35. The van der Waals surface area contributed by atoms with Crippen LogP contribution in [0.1, 0.15) is 26.3 Å². The average Bonchev–Trinajstić information content (AvgIpc) is 3.20. The fourth-order valence-corrected chi connectivity index (χ4v) is 4.35. The highest BCUT2D eigenvalue weighted by atomic mass is 32.2. The van der Waals surface area contributed by atoms with Gasteiger partial charge in [0, 0.05) is 5.39 Å². The minimum atomic E-state index is -0.266. The number of pyridine rings is 1. The van der Waals surface area contributed by atoms with Gasteiger partial charge in [-0.3, -0.25) is 18.9 Å². The van der Waals surface area contributed by atoms with Crippen molar-refractivity contribution >= 4 is 40.1 Å². The van der Waals surface area contributed by atoms with E-state index in [1.54, 1.807) is 24.3 Å². The van der Waals surface area contributed by atoms with Gasteiger partial charge in [0.1, 0.15) is 0 Å². The Bertz CT molecular complexity index is 1210. The van der Waals surface area contributed by atoms with Crippen LogP contribution in [0.25, 0.3) is 16.6 Å². The molecule has 0 bridgehead atoms. The molecule has 27 heavy (non-hydrogen) atoms. The van der Waals surface area contributed by atoms with Gasteiger partial charge in [0.25, 0.3) is 11.8 Å². The molecular weight excluding hydrogens is 360 g/mol. The number of carbonyl (C=O) groups excluding carboxylic acids is 2. The first-order valence-corrected chi connectivity index (χ1v) is 9.45. The molecule has 3 heterocycles. The quantitative estimate of drug-likeness (QED) is 0.405. The molecule has 6 nitrogen and oxygen atoms in total. The van der Waals surface area contributed by atoms with E-state index in [0.29, 0.717) is 16.3 Å². The first-order valence-electron chi connectivity index (χ1n) is 8.46. The van der Waals surface area contributed by atoms with Crippen LogP contribution in [-0.4, -0.2) is 37.2 Å². The summed E-state index contributed by atoms with van der Waals surface area (Å²) in [5.41, 5.74) is 3.78. The Kier molecular flexibility index (Phi) is 3.51. The zero-order valence-corrected chi connectivity index (χ0v) is 15.2. The van der Waals surface area contributed by atoms with E-state index in [1.807, 2.05) is 35.6 Å². The summed E-state index contributed by atoms with van der Waals surface area (Å²) in [6, 6.07) is 16.9. The van der Waals surface area contributed by atoms with Crippen LogP contribution < -0.4 is 0 Å². The van der Waals surface area contributed by atoms with E-state index < -0.39 is 0 Å². The summed E-state index contributed by atoms with van der Waals surface area (Å²) in [5.74, 6) is -0.342. The molecule has 2 aromatic carbocycles. The minimum Gasteiger partial charge on any atom is -0.270 e. The number of carbonyl (C=O) groups is 2. The molecule has 0 unspecified atom stereocenters. The standard InChI is InChI=1S/C20H14N4O2S/c1-12-10-17-21-22-20(24(17)16-9-5-4-6-13(12)16)27-11-23-18(25)14-7-2-3-8-15(14)19(23)26/h2-10H,11H2,1H3. The highest BCUT2D eigenvalue weighted by Gasteiger charge is 2.35. The summed E-state index contributed by atoms with van der Waals surface area (Å²) in [6.07, 6.45) is 0. The smallest absolute Gasteiger partial charge is 0.262 e. The molecule has 2 aromatic heterocycles. The number of aromatic nitrogens is 3. The van der Waals surface area contributed by atoms with Crippen LogP contribution in [0.2, 0.25) is 0 Å². The molecule has 7 heteroatoms. The lowest BCUT2D eigenvalue weighted by Gasteiger charge is -2.13. The number of imide groups is 1. The predicted molar refractivity (Wildman–Crippen MR) is 103 cm³/mol. The number of benzene rings is 2. The van der Waals surface area contributed by atoms with Crippen molar-refractivity contribution in [1.29, 1.82) is 0 Å². The first kappa shape index (κ1) is 16.0. The molecule has 5 rings (SSSR count). The zero-order valence-electron chi connectivity index (χ0n) is 14.4. The van der Waals surface area contributed by atoms with Gasteiger partial charge >= 0.3 is 0 Å². The van der Waals surface area contributed by atoms with Gasteiger partial charge in [0.05, 0.1) is 22.5 Å². The summed E-state index contributed by atoms with van der Waals surface area (Å²) in [5, 5.41) is 10.3. The van der Waals surface area contributed by atoms with Gasteiger partial charge in [0.15, 0.2) is 10.8 Å². The Morgan fingerprint density at radius 1 is 0.926 bits per heavy atom. The molecule has 0 saturated carbocycles. The third-order valence-corrected chi connectivity index (χ3v) is 5.68. The highest BCUT2D eigenvalue weighted by molar-refractivity contribution is 7.99. The molecule has 1 aliphatic heterocycles. The summed E-state index contributed by atoms with van der Waals surface area (Å²) in [6.45, 7) is 2.04. The topological polar surface area (TPSA) is 67.6 Å². The van der Waals surface area contributed by atoms with Gasteiger partial charge in [-0.15, -0.1) is 10.2 Å². The Balaban J connectivity index is 1.51. The summed E-state index contributed by atoms with van der Waals surface area (Å²) >= 11 is 1.33. The van der Waals surface area contributed by atoms with Crippen molar-refractivity contribution in [3.05, 3.63) is 71.3 Å². The maximum absolute atomic E-state index is 12.5. The SMILES string of the molecule is Cc1cc2nnc(SCN3C(=O)c4ccccc4C3=O)n2c2ccccc12. The molecule has 132 valence electrons. The van der Waals surface area contributed by atoms with Crippen LogP contribution >= 0.6 is 11.8 Å². The number of rotatable bonds is 3. The monoisotopic (exact) mass is 374 g/mol. The maximum Gasteiger partial charge on any atom is 0.262 e. The molecular formula is C20H14N4O2S. The van der Waals surface area contributed by atoms with Crippen LogP contribution in [0.15, 0.2) is 59.8 Å². The lowest BCUT2D eigenvalue weighted by atomic mass is 10.1. The molecule has 0 atom stereocenters. The number of hydrogen-bond donors (Lipinski definition) is 0. The Hall–Kier alpha value is -3.19. The number of nitrogens with zero attached hydrogens (tertiary/aromatic N) is 4. The minimum absolute atomic E-state index is 0.190. The van der Waals surface area contributed by atoms with Gasteiger partial charge in [-0.1, -0.05) is 42.1 Å². The Morgan fingerprint density at radius 3 is 2.33 bits per heavy atom. The summed E-state index contributed by atoms with van der Waals surface area (Å²) < 4.78 is 1.96. The van der Waals surface area contributed by atoms with Gasteiger partial charge in [-0.05, 0) is 36.8 Å². The van der Waals surface area contributed by atoms with Crippen molar-refractivity contribution in [3.63, 3.8) is 0 Å². The van der Waals surface area contributed by atoms with Crippen LogP contribution in [0.3, 0.4) is 0 Å². The first-order chi connectivity index (χ1) is 13.1. The maximum atomic E-state index is 12.5. The van der Waals surface area contributed by atoms with Crippen LogP contribution in [0.4, 0.5) is 0 Å². The van der Waals surface area contributed by atoms with Gasteiger partial charge in [-0.25, -0.2) is 0 Å². The van der Waals surface area contributed by atoms with E-state index in [9.17, 15) is 9.59 Å². The molecule has 1 aliphatic rings. The van der Waals surface area contributed by atoms with Crippen molar-refractivity contribution in [1.82, 2.24) is 19.5 Å². The molecule has 0 saturated heterocycles.